The monoisotopic (exact) mass is 277 g/mol. The van der Waals surface area contributed by atoms with Gasteiger partial charge in [-0.25, -0.2) is 4.98 Å². The van der Waals surface area contributed by atoms with E-state index in [-0.39, 0.29) is 12.4 Å². The first kappa shape index (κ1) is 13.7. The molecule has 0 saturated heterocycles. The molecule has 9 nitrogen and oxygen atoms in total. The molecule has 0 atom stereocenters. The molecule has 0 aromatic carbocycles. The maximum absolute atomic E-state index is 11.0. The Labute approximate surface area is 115 Å². The molecular formula is C11H15N7O2. The number of nitrogens with one attached hydrogen (secondary N) is 2. The maximum Gasteiger partial charge on any atom is 0.307 e. The lowest BCUT2D eigenvalue weighted by molar-refractivity contribution is -0.140. The minimum atomic E-state index is -0.296. The van der Waals surface area contributed by atoms with E-state index < -0.39 is 0 Å². The average molecular weight is 277 g/mol. The quantitative estimate of drug-likeness (QED) is 0.714. The van der Waals surface area contributed by atoms with Crippen LogP contribution >= 0.6 is 0 Å². The van der Waals surface area contributed by atoms with Crippen molar-refractivity contribution in [3.05, 3.63) is 18.7 Å². The molecule has 106 valence electrons. The van der Waals surface area contributed by atoms with E-state index in [4.69, 9.17) is 0 Å². The standard InChI is InChI=1S/C11H15N7O2/c1-12-9-15-10(14-4-3-8(19)20-2)17-11(16-9)18-6-5-13-7-18/h5-7H,3-4H2,1-2H3,(H2,12,14,15,16,17). The summed E-state index contributed by atoms with van der Waals surface area (Å²) in [6, 6.07) is 0. The van der Waals surface area contributed by atoms with Gasteiger partial charge in [-0.2, -0.15) is 15.0 Å². The van der Waals surface area contributed by atoms with Crippen molar-refractivity contribution < 1.29 is 9.53 Å². The summed E-state index contributed by atoms with van der Waals surface area (Å²) in [5.74, 6) is 0.930. The molecule has 9 heteroatoms. The molecule has 0 aliphatic rings. The van der Waals surface area contributed by atoms with Gasteiger partial charge in [0.25, 0.3) is 0 Å². The van der Waals surface area contributed by atoms with Gasteiger partial charge in [0.05, 0.1) is 13.5 Å². The zero-order valence-corrected chi connectivity index (χ0v) is 11.2. The minimum Gasteiger partial charge on any atom is -0.469 e. The molecule has 0 bridgehead atoms. The second-order valence-corrected chi connectivity index (χ2v) is 3.76. The van der Waals surface area contributed by atoms with E-state index in [0.717, 1.165) is 0 Å². The van der Waals surface area contributed by atoms with Crippen LogP contribution in [0.1, 0.15) is 6.42 Å². The Hall–Kier alpha value is -2.71. The van der Waals surface area contributed by atoms with Crippen molar-refractivity contribution in [1.82, 2.24) is 24.5 Å². The molecule has 2 aromatic heterocycles. The fourth-order valence-electron chi connectivity index (χ4n) is 1.43. The number of hydrogen-bond acceptors (Lipinski definition) is 8. The van der Waals surface area contributed by atoms with Crippen LogP contribution in [0.3, 0.4) is 0 Å². The predicted octanol–water partition coefficient (Wildman–Crippen LogP) is 0.0740. The lowest BCUT2D eigenvalue weighted by Gasteiger charge is -2.08. The van der Waals surface area contributed by atoms with Crippen molar-refractivity contribution in [2.75, 3.05) is 31.3 Å². The van der Waals surface area contributed by atoms with Gasteiger partial charge in [0, 0.05) is 26.0 Å². The first-order chi connectivity index (χ1) is 9.72. The molecule has 0 fully saturated rings. The van der Waals surface area contributed by atoms with Crippen molar-refractivity contribution >= 4 is 17.9 Å². The lowest BCUT2D eigenvalue weighted by Crippen LogP contribution is -2.14. The van der Waals surface area contributed by atoms with E-state index in [0.29, 0.717) is 24.4 Å². The van der Waals surface area contributed by atoms with Crippen LogP contribution in [0.25, 0.3) is 5.95 Å². The van der Waals surface area contributed by atoms with E-state index in [1.54, 1.807) is 30.3 Å². The van der Waals surface area contributed by atoms with Crippen LogP contribution in [-0.4, -0.2) is 51.2 Å². The van der Waals surface area contributed by atoms with Gasteiger partial charge < -0.3 is 15.4 Å². The van der Waals surface area contributed by atoms with E-state index in [1.807, 2.05) is 0 Å². The Morgan fingerprint density at radius 3 is 2.80 bits per heavy atom. The molecule has 2 aromatic rings. The number of hydrogen-bond donors (Lipinski definition) is 2. The largest absolute Gasteiger partial charge is 0.469 e. The predicted molar refractivity (Wildman–Crippen MR) is 71.6 cm³/mol. The molecule has 0 amide bonds. The Balaban J connectivity index is 2.12. The summed E-state index contributed by atoms with van der Waals surface area (Å²) < 4.78 is 6.22. The SMILES string of the molecule is CNc1nc(NCCC(=O)OC)nc(-n2ccnc2)n1. The maximum atomic E-state index is 11.0. The van der Waals surface area contributed by atoms with Crippen molar-refractivity contribution in [3.8, 4) is 5.95 Å². The number of rotatable bonds is 6. The summed E-state index contributed by atoms with van der Waals surface area (Å²) in [5.41, 5.74) is 0. The highest BCUT2D eigenvalue weighted by molar-refractivity contribution is 5.69. The third-order valence-electron chi connectivity index (χ3n) is 2.42. The average Bonchev–Trinajstić information content (AvgIpc) is 3.01. The molecule has 0 radical (unpaired) electrons. The van der Waals surface area contributed by atoms with Gasteiger partial charge in [0.2, 0.25) is 17.8 Å². The number of imidazole rings is 1. The third kappa shape index (κ3) is 3.40. The molecule has 2 heterocycles. The van der Waals surface area contributed by atoms with Crippen LogP contribution in [0.4, 0.5) is 11.9 Å². The number of aromatic nitrogens is 5. The molecule has 0 unspecified atom stereocenters. The minimum absolute atomic E-state index is 0.234. The summed E-state index contributed by atoms with van der Waals surface area (Å²) in [5, 5.41) is 5.80. The molecule has 2 N–H and O–H groups in total. The Bertz CT molecular complexity index is 570. The number of carbonyl (C=O) groups excluding carboxylic acids is 1. The van der Waals surface area contributed by atoms with Crippen LogP contribution in [0, 0.1) is 0 Å². The van der Waals surface area contributed by atoms with Crippen LogP contribution in [0.5, 0.6) is 0 Å². The van der Waals surface area contributed by atoms with E-state index in [2.05, 4.69) is 35.3 Å². The molecule has 2 rings (SSSR count). The summed E-state index contributed by atoms with van der Waals surface area (Å²) >= 11 is 0. The normalized spacial score (nSPS) is 10.1. The summed E-state index contributed by atoms with van der Waals surface area (Å²) in [7, 11) is 3.06. The summed E-state index contributed by atoms with van der Waals surface area (Å²) in [4.78, 5) is 27.6. The van der Waals surface area contributed by atoms with Crippen molar-refractivity contribution in [2.45, 2.75) is 6.42 Å². The van der Waals surface area contributed by atoms with Crippen LogP contribution in [-0.2, 0) is 9.53 Å². The number of methoxy groups -OCH3 is 1. The molecule has 0 saturated carbocycles. The summed E-state index contributed by atoms with van der Waals surface area (Å²) in [6.07, 6.45) is 5.19. The number of nitrogens with zero attached hydrogens (tertiary/aromatic N) is 5. The second kappa shape index (κ2) is 6.45. The second-order valence-electron chi connectivity index (χ2n) is 3.76. The highest BCUT2D eigenvalue weighted by atomic mass is 16.5. The van der Waals surface area contributed by atoms with Gasteiger partial charge in [0.15, 0.2) is 0 Å². The van der Waals surface area contributed by atoms with E-state index in [9.17, 15) is 4.79 Å². The van der Waals surface area contributed by atoms with Gasteiger partial charge in [-0.15, -0.1) is 0 Å². The Morgan fingerprint density at radius 1 is 1.35 bits per heavy atom. The topological polar surface area (TPSA) is 107 Å². The van der Waals surface area contributed by atoms with Crippen molar-refractivity contribution in [3.63, 3.8) is 0 Å². The highest BCUT2D eigenvalue weighted by Gasteiger charge is 2.07. The molecule has 0 aliphatic carbocycles. The smallest absolute Gasteiger partial charge is 0.307 e. The lowest BCUT2D eigenvalue weighted by atomic mass is 10.4. The van der Waals surface area contributed by atoms with Gasteiger partial charge >= 0.3 is 5.97 Å². The Morgan fingerprint density at radius 2 is 2.15 bits per heavy atom. The fraction of sp³-hybridized carbons (Fsp3) is 0.364. The van der Waals surface area contributed by atoms with Gasteiger partial charge in [-0.1, -0.05) is 0 Å². The first-order valence-electron chi connectivity index (χ1n) is 5.95. The van der Waals surface area contributed by atoms with E-state index >= 15 is 0 Å². The number of ether oxygens (including phenoxy) is 1. The Kier molecular flexibility index (Phi) is 4.43. The fourth-order valence-corrected chi connectivity index (χ4v) is 1.43. The van der Waals surface area contributed by atoms with Crippen molar-refractivity contribution in [2.24, 2.45) is 0 Å². The molecule has 0 aliphatic heterocycles. The van der Waals surface area contributed by atoms with E-state index in [1.165, 1.54) is 7.11 Å². The summed E-state index contributed by atoms with van der Waals surface area (Å²) in [6.45, 7) is 0.378. The number of anilines is 2. The van der Waals surface area contributed by atoms with Gasteiger partial charge in [0.1, 0.15) is 6.33 Å². The zero-order valence-electron chi connectivity index (χ0n) is 11.2. The van der Waals surface area contributed by atoms with Gasteiger partial charge in [-0.3, -0.25) is 9.36 Å². The molecule has 0 spiro atoms. The van der Waals surface area contributed by atoms with Gasteiger partial charge in [-0.05, 0) is 0 Å². The van der Waals surface area contributed by atoms with Crippen LogP contribution in [0.15, 0.2) is 18.7 Å². The van der Waals surface area contributed by atoms with Crippen molar-refractivity contribution in [1.29, 1.82) is 0 Å². The zero-order chi connectivity index (χ0) is 14.4. The van der Waals surface area contributed by atoms with Crippen LogP contribution in [0.2, 0.25) is 0 Å². The number of carbonyl (C=O) groups is 1. The van der Waals surface area contributed by atoms with Crippen LogP contribution < -0.4 is 10.6 Å². The highest BCUT2D eigenvalue weighted by Crippen LogP contribution is 2.08. The molecular weight excluding hydrogens is 262 g/mol. The first-order valence-corrected chi connectivity index (χ1v) is 5.95. The molecule has 20 heavy (non-hydrogen) atoms. The third-order valence-corrected chi connectivity index (χ3v) is 2.42. The number of esters is 1.